The average Bonchev–Trinajstić information content (AvgIpc) is 2.21. The van der Waals surface area contributed by atoms with E-state index in [0.29, 0.717) is 6.04 Å². The van der Waals surface area contributed by atoms with Crippen LogP contribution in [0.1, 0.15) is 26.7 Å². The number of nitrogens with zero attached hydrogens (tertiary/aromatic N) is 1. The number of aromatic nitrogens is 1. The molecule has 84 valence electrons. The van der Waals surface area contributed by atoms with Gasteiger partial charge in [-0.2, -0.15) is 0 Å². The highest BCUT2D eigenvalue weighted by molar-refractivity contribution is 4.93. The number of rotatable bonds is 6. The minimum atomic E-state index is 0.0717. The quantitative estimate of drug-likeness (QED) is 0.771. The summed E-state index contributed by atoms with van der Waals surface area (Å²) in [6.07, 6.45) is 4.21. The van der Waals surface area contributed by atoms with Crippen LogP contribution in [0.5, 0.6) is 0 Å². The van der Waals surface area contributed by atoms with Crippen LogP contribution in [0.4, 0.5) is 0 Å². The molecule has 0 aliphatic carbocycles. The smallest absolute Gasteiger partial charge is 0.250 e. The Morgan fingerprint density at radius 1 is 1.47 bits per heavy atom. The van der Waals surface area contributed by atoms with E-state index in [1.807, 2.05) is 12.3 Å². The molecule has 1 aromatic rings. The summed E-state index contributed by atoms with van der Waals surface area (Å²) in [5.41, 5.74) is 0.0717. The lowest BCUT2D eigenvalue weighted by Crippen LogP contribution is -2.31. The SMILES string of the molecule is CCCC(C)NCCn1ccccc1=O. The Hall–Kier alpha value is -1.09. The molecule has 1 unspecified atom stereocenters. The first kappa shape index (κ1) is 12.0. The van der Waals surface area contributed by atoms with Gasteiger partial charge in [0.25, 0.3) is 5.56 Å². The van der Waals surface area contributed by atoms with Crippen LogP contribution in [0.25, 0.3) is 0 Å². The molecule has 3 heteroatoms. The van der Waals surface area contributed by atoms with Crippen molar-refractivity contribution in [2.45, 2.75) is 39.3 Å². The van der Waals surface area contributed by atoms with Crippen LogP contribution in [0.3, 0.4) is 0 Å². The first-order valence-electron chi connectivity index (χ1n) is 5.63. The fraction of sp³-hybridized carbons (Fsp3) is 0.583. The van der Waals surface area contributed by atoms with Crippen molar-refractivity contribution < 1.29 is 0 Å². The standard InChI is InChI=1S/C12H20N2O/c1-3-6-11(2)13-8-10-14-9-5-4-7-12(14)15/h4-5,7,9,11,13H,3,6,8,10H2,1-2H3. The van der Waals surface area contributed by atoms with E-state index >= 15 is 0 Å². The summed E-state index contributed by atoms with van der Waals surface area (Å²) in [5, 5.41) is 3.40. The Morgan fingerprint density at radius 3 is 2.93 bits per heavy atom. The summed E-state index contributed by atoms with van der Waals surface area (Å²) in [5.74, 6) is 0. The van der Waals surface area contributed by atoms with Gasteiger partial charge in [-0.25, -0.2) is 0 Å². The molecule has 0 bridgehead atoms. The van der Waals surface area contributed by atoms with Gasteiger partial charge >= 0.3 is 0 Å². The summed E-state index contributed by atoms with van der Waals surface area (Å²) in [6, 6.07) is 5.78. The van der Waals surface area contributed by atoms with Gasteiger partial charge in [-0.3, -0.25) is 4.79 Å². The number of nitrogens with one attached hydrogen (secondary N) is 1. The van der Waals surface area contributed by atoms with Gasteiger partial charge in [0, 0.05) is 31.4 Å². The molecule has 1 N–H and O–H groups in total. The van der Waals surface area contributed by atoms with Crippen LogP contribution < -0.4 is 10.9 Å². The van der Waals surface area contributed by atoms with Crippen molar-refractivity contribution in [3.63, 3.8) is 0 Å². The molecule has 0 aliphatic rings. The fourth-order valence-corrected chi connectivity index (χ4v) is 1.61. The second kappa shape index (κ2) is 6.40. The maximum absolute atomic E-state index is 11.4. The topological polar surface area (TPSA) is 34.0 Å². The monoisotopic (exact) mass is 208 g/mol. The molecular weight excluding hydrogens is 188 g/mol. The predicted octanol–water partition coefficient (Wildman–Crippen LogP) is 1.63. The van der Waals surface area contributed by atoms with Gasteiger partial charge in [-0.05, 0) is 19.4 Å². The zero-order valence-electron chi connectivity index (χ0n) is 9.57. The first-order valence-corrected chi connectivity index (χ1v) is 5.63. The minimum absolute atomic E-state index is 0.0717. The maximum Gasteiger partial charge on any atom is 0.250 e. The Morgan fingerprint density at radius 2 is 2.27 bits per heavy atom. The summed E-state index contributed by atoms with van der Waals surface area (Å²) < 4.78 is 1.73. The van der Waals surface area contributed by atoms with E-state index < -0.39 is 0 Å². The molecule has 1 rings (SSSR count). The molecular formula is C12H20N2O. The van der Waals surface area contributed by atoms with Gasteiger partial charge in [0.2, 0.25) is 0 Å². The van der Waals surface area contributed by atoms with Crippen LogP contribution in [0.2, 0.25) is 0 Å². The third kappa shape index (κ3) is 4.30. The molecule has 15 heavy (non-hydrogen) atoms. The second-order valence-corrected chi connectivity index (χ2v) is 3.88. The van der Waals surface area contributed by atoms with Crippen molar-refractivity contribution in [2.24, 2.45) is 0 Å². The van der Waals surface area contributed by atoms with E-state index in [1.54, 1.807) is 16.7 Å². The van der Waals surface area contributed by atoms with Crippen LogP contribution >= 0.6 is 0 Å². The summed E-state index contributed by atoms with van der Waals surface area (Å²) in [7, 11) is 0. The summed E-state index contributed by atoms with van der Waals surface area (Å²) in [4.78, 5) is 11.4. The van der Waals surface area contributed by atoms with E-state index in [2.05, 4.69) is 19.2 Å². The molecule has 1 aromatic heterocycles. The first-order chi connectivity index (χ1) is 7.24. The van der Waals surface area contributed by atoms with E-state index in [1.165, 1.54) is 12.8 Å². The number of hydrogen-bond acceptors (Lipinski definition) is 2. The highest BCUT2D eigenvalue weighted by Crippen LogP contribution is 1.93. The van der Waals surface area contributed by atoms with Crippen molar-refractivity contribution in [1.82, 2.24) is 9.88 Å². The van der Waals surface area contributed by atoms with Gasteiger partial charge in [0.15, 0.2) is 0 Å². The van der Waals surface area contributed by atoms with E-state index in [0.717, 1.165) is 13.1 Å². The molecule has 0 spiro atoms. The zero-order valence-corrected chi connectivity index (χ0v) is 9.57. The van der Waals surface area contributed by atoms with Crippen LogP contribution in [-0.4, -0.2) is 17.2 Å². The second-order valence-electron chi connectivity index (χ2n) is 3.88. The minimum Gasteiger partial charge on any atom is -0.314 e. The molecule has 0 aromatic carbocycles. The van der Waals surface area contributed by atoms with Crippen molar-refractivity contribution in [3.05, 3.63) is 34.7 Å². The predicted molar refractivity (Wildman–Crippen MR) is 63.1 cm³/mol. The molecule has 1 heterocycles. The zero-order chi connectivity index (χ0) is 11.1. The van der Waals surface area contributed by atoms with Gasteiger partial charge in [0.05, 0.1) is 0 Å². The Bertz CT molecular complexity index is 332. The van der Waals surface area contributed by atoms with Crippen molar-refractivity contribution in [1.29, 1.82) is 0 Å². The molecule has 0 amide bonds. The number of hydrogen-bond donors (Lipinski definition) is 1. The highest BCUT2D eigenvalue weighted by Gasteiger charge is 1.99. The Labute approximate surface area is 91.1 Å². The van der Waals surface area contributed by atoms with Crippen LogP contribution in [0, 0.1) is 0 Å². The average molecular weight is 208 g/mol. The molecule has 0 fully saturated rings. The highest BCUT2D eigenvalue weighted by atomic mass is 16.1. The Kier molecular flexibility index (Phi) is 5.12. The lowest BCUT2D eigenvalue weighted by Gasteiger charge is -2.13. The largest absolute Gasteiger partial charge is 0.314 e. The van der Waals surface area contributed by atoms with E-state index in [9.17, 15) is 4.79 Å². The Balaban J connectivity index is 2.32. The van der Waals surface area contributed by atoms with Crippen molar-refractivity contribution in [2.75, 3.05) is 6.54 Å². The van der Waals surface area contributed by atoms with Crippen molar-refractivity contribution in [3.8, 4) is 0 Å². The van der Waals surface area contributed by atoms with E-state index in [-0.39, 0.29) is 5.56 Å². The third-order valence-corrected chi connectivity index (χ3v) is 2.47. The lowest BCUT2D eigenvalue weighted by molar-refractivity contribution is 0.482. The van der Waals surface area contributed by atoms with Crippen LogP contribution in [-0.2, 0) is 6.54 Å². The maximum atomic E-state index is 11.4. The van der Waals surface area contributed by atoms with Crippen LogP contribution in [0.15, 0.2) is 29.2 Å². The number of pyridine rings is 1. The molecule has 1 atom stereocenters. The molecule has 0 saturated heterocycles. The molecule has 3 nitrogen and oxygen atoms in total. The van der Waals surface area contributed by atoms with E-state index in [4.69, 9.17) is 0 Å². The van der Waals surface area contributed by atoms with Gasteiger partial charge in [-0.15, -0.1) is 0 Å². The lowest BCUT2D eigenvalue weighted by atomic mass is 10.2. The molecule has 0 radical (unpaired) electrons. The molecule has 0 saturated carbocycles. The molecule has 0 aliphatic heterocycles. The normalized spacial score (nSPS) is 12.7. The fourth-order valence-electron chi connectivity index (χ4n) is 1.61. The van der Waals surface area contributed by atoms with Gasteiger partial charge < -0.3 is 9.88 Å². The van der Waals surface area contributed by atoms with Crippen molar-refractivity contribution >= 4 is 0 Å². The third-order valence-electron chi connectivity index (χ3n) is 2.47. The van der Waals surface area contributed by atoms with Gasteiger partial charge in [0.1, 0.15) is 0 Å². The van der Waals surface area contributed by atoms with Gasteiger partial charge in [-0.1, -0.05) is 19.4 Å². The summed E-state index contributed by atoms with van der Waals surface area (Å²) in [6.45, 7) is 5.95. The summed E-state index contributed by atoms with van der Waals surface area (Å²) >= 11 is 0.